The number of hydrogen-bond acceptors (Lipinski definition) is 3. The SMILES string of the molecule is COC(=O)c1c(C)nc2c(C)cc(Cl)cn12. The third-order valence-corrected chi connectivity index (χ3v) is 2.63. The number of methoxy groups -OCH3 is 1. The van der Waals surface area contributed by atoms with Crippen LogP contribution in [0, 0.1) is 13.8 Å². The molecule has 2 aromatic rings. The summed E-state index contributed by atoms with van der Waals surface area (Å²) in [5.41, 5.74) is 2.70. The van der Waals surface area contributed by atoms with Crippen LogP contribution in [0.3, 0.4) is 0 Å². The highest BCUT2D eigenvalue weighted by Gasteiger charge is 2.18. The number of nitrogens with zero attached hydrogens (tertiary/aromatic N) is 2. The van der Waals surface area contributed by atoms with Crippen molar-refractivity contribution in [1.29, 1.82) is 0 Å². The van der Waals surface area contributed by atoms with E-state index in [1.54, 1.807) is 17.5 Å². The Bertz CT molecular complexity index is 575. The van der Waals surface area contributed by atoms with Crippen molar-refractivity contribution in [1.82, 2.24) is 9.38 Å². The molecule has 5 heteroatoms. The summed E-state index contributed by atoms with van der Waals surface area (Å²) in [5, 5.41) is 0.563. The van der Waals surface area contributed by atoms with Gasteiger partial charge in [-0.25, -0.2) is 9.78 Å². The zero-order chi connectivity index (χ0) is 11.9. The second kappa shape index (κ2) is 3.79. The van der Waals surface area contributed by atoms with Crippen LogP contribution in [0.25, 0.3) is 5.65 Å². The maximum Gasteiger partial charge on any atom is 0.356 e. The molecule has 2 rings (SSSR count). The van der Waals surface area contributed by atoms with Gasteiger partial charge in [-0.3, -0.25) is 4.40 Å². The number of imidazole rings is 1. The minimum Gasteiger partial charge on any atom is -0.464 e. The van der Waals surface area contributed by atoms with Gasteiger partial charge in [-0.2, -0.15) is 0 Å². The maximum atomic E-state index is 11.6. The first kappa shape index (κ1) is 11.0. The zero-order valence-electron chi connectivity index (χ0n) is 9.24. The summed E-state index contributed by atoms with van der Waals surface area (Å²) in [4.78, 5) is 15.9. The van der Waals surface area contributed by atoms with E-state index in [0.717, 1.165) is 11.2 Å². The van der Waals surface area contributed by atoms with Crippen molar-refractivity contribution in [2.75, 3.05) is 7.11 Å². The molecule has 0 aliphatic carbocycles. The van der Waals surface area contributed by atoms with Crippen LogP contribution in [-0.4, -0.2) is 22.5 Å². The van der Waals surface area contributed by atoms with Gasteiger partial charge in [0.1, 0.15) is 5.65 Å². The minimum atomic E-state index is -0.410. The van der Waals surface area contributed by atoms with Crippen LogP contribution >= 0.6 is 11.6 Å². The van der Waals surface area contributed by atoms with Crippen molar-refractivity contribution in [2.24, 2.45) is 0 Å². The summed E-state index contributed by atoms with van der Waals surface area (Å²) in [6, 6.07) is 1.81. The Morgan fingerprint density at radius 3 is 2.81 bits per heavy atom. The van der Waals surface area contributed by atoms with E-state index in [-0.39, 0.29) is 0 Å². The maximum absolute atomic E-state index is 11.6. The monoisotopic (exact) mass is 238 g/mol. The standard InChI is InChI=1S/C11H11ClN2O2/c1-6-4-8(12)5-14-9(11(15)16-3)7(2)13-10(6)14/h4-5H,1-3H3. The molecule has 0 aliphatic heterocycles. The van der Waals surface area contributed by atoms with Crippen LogP contribution < -0.4 is 0 Å². The van der Waals surface area contributed by atoms with Crippen molar-refractivity contribution >= 4 is 23.2 Å². The lowest BCUT2D eigenvalue weighted by Gasteiger charge is -2.02. The summed E-state index contributed by atoms with van der Waals surface area (Å²) in [5.74, 6) is -0.410. The largest absolute Gasteiger partial charge is 0.464 e. The van der Waals surface area contributed by atoms with Crippen LogP contribution in [-0.2, 0) is 4.74 Å². The molecule has 0 fully saturated rings. The predicted molar refractivity (Wildman–Crippen MR) is 61.0 cm³/mol. The average Bonchev–Trinajstić information content (AvgIpc) is 2.54. The molecule has 0 saturated carbocycles. The van der Waals surface area contributed by atoms with E-state index in [9.17, 15) is 4.79 Å². The van der Waals surface area contributed by atoms with E-state index in [0.29, 0.717) is 16.4 Å². The molecule has 0 radical (unpaired) electrons. The van der Waals surface area contributed by atoms with Gasteiger partial charge in [0.15, 0.2) is 5.69 Å². The Morgan fingerprint density at radius 1 is 1.50 bits per heavy atom. The van der Waals surface area contributed by atoms with Gasteiger partial charge in [-0.15, -0.1) is 0 Å². The Labute approximate surface area is 97.8 Å². The highest BCUT2D eigenvalue weighted by molar-refractivity contribution is 6.30. The Balaban J connectivity index is 2.83. The number of rotatable bonds is 1. The quantitative estimate of drug-likeness (QED) is 0.717. The summed E-state index contributed by atoms with van der Waals surface area (Å²) >= 11 is 5.95. The van der Waals surface area contributed by atoms with Crippen molar-refractivity contribution in [3.05, 3.63) is 34.2 Å². The first-order chi connectivity index (χ1) is 7.54. The van der Waals surface area contributed by atoms with Crippen molar-refractivity contribution in [3.8, 4) is 0 Å². The molecule has 2 heterocycles. The molecule has 2 aromatic heterocycles. The molecule has 0 amide bonds. The number of pyridine rings is 1. The number of fused-ring (bicyclic) bond motifs is 1. The van der Waals surface area contributed by atoms with Crippen molar-refractivity contribution in [2.45, 2.75) is 13.8 Å². The van der Waals surface area contributed by atoms with Crippen LogP contribution in [0.4, 0.5) is 0 Å². The average molecular weight is 239 g/mol. The number of aromatic nitrogens is 2. The van der Waals surface area contributed by atoms with Gasteiger partial charge >= 0.3 is 5.97 Å². The second-order valence-corrected chi connectivity index (χ2v) is 4.01. The molecule has 0 bridgehead atoms. The van der Waals surface area contributed by atoms with Crippen LogP contribution in [0.1, 0.15) is 21.7 Å². The lowest BCUT2D eigenvalue weighted by molar-refractivity contribution is 0.0592. The molecule has 0 atom stereocenters. The van der Waals surface area contributed by atoms with Gasteiger partial charge in [0, 0.05) is 6.20 Å². The normalized spacial score (nSPS) is 10.8. The molecule has 0 spiro atoms. The molecular weight excluding hydrogens is 228 g/mol. The fourth-order valence-electron chi connectivity index (χ4n) is 1.72. The van der Waals surface area contributed by atoms with Gasteiger partial charge in [0.05, 0.1) is 17.8 Å². The van der Waals surface area contributed by atoms with Gasteiger partial charge in [-0.1, -0.05) is 11.6 Å². The predicted octanol–water partition coefficient (Wildman–Crippen LogP) is 2.39. The van der Waals surface area contributed by atoms with Crippen LogP contribution in [0.15, 0.2) is 12.3 Å². The summed E-state index contributed by atoms with van der Waals surface area (Å²) in [6.45, 7) is 3.67. The van der Waals surface area contributed by atoms with E-state index in [4.69, 9.17) is 16.3 Å². The van der Waals surface area contributed by atoms with E-state index in [1.165, 1.54) is 7.11 Å². The molecule has 0 unspecified atom stereocenters. The van der Waals surface area contributed by atoms with Gasteiger partial charge in [-0.05, 0) is 25.5 Å². The fraction of sp³-hybridized carbons (Fsp3) is 0.273. The highest BCUT2D eigenvalue weighted by atomic mass is 35.5. The Kier molecular flexibility index (Phi) is 2.59. The van der Waals surface area contributed by atoms with Crippen molar-refractivity contribution in [3.63, 3.8) is 0 Å². The Hall–Kier alpha value is -1.55. The van der Waals surface area contributed by atoms with E-state index >= 15 is 0 Å². The molecule has 0 aliphatic rings. The minimum absolute atomic E-state index is 0.410. The van der Waals surface area contributed by atoms with E-state index in [1.807, 2.05) is 13.0 Å². The number of esters is 1. The summed E-state index contributed by atoms with van der Waals surface area (Å²) in [6.07, 6.45) is 1.66. The molecule has 4 nitrogen and oxygen atoms in total. The lowest BCUT2D eigenvalue weighted by atomic mass is 10.3. The van der Waals surface area contributed by atoms with E-state index < -0.39 is 5.97 Å². The second-order valence-electron chi connectivity index (χ2n) is 3.57. The molecular formula is C11H11ClN2O2. The first-order valence-electron chi connectivity index (χ1n) is 4.77. The van der Waals surface area contributed by atoms with Crippen LogP contribution in [0.5, 0.6) is 0 Å². The molecule has 84 valence electrons. The summed E-state index contributed by atoms with van der Waals surface area (Å²) < 4.78 is 6.39. The number of hydrogen-bond donors (Lipinski definition) is 0. The number of ether oxygens (including phenoxy) is 1. The van der Waals surface area contributed by atoms with Gasteiger partial charge in [0.25, 0.3) is 0 Å². The lowest BCUT2D eigenvalue weighted by Crippen LogP contribution is -2.07. The molecule has 16 heavy (non-hydrogen) atoms. The molecule has 0 aromatic carbocycles. The van der Waals surface area contributed by atoms with Crippen LogP contribution in [0.2, 0.25) is 5.02 Å². The van der Waals surface area contributed by atoms with Gasteiger partial charge < -0.3 is 4.74 Å². The zero-order valence-corrected chi connectivity index (χ0v) is 10.00. The summed E-state index contributed by atoms with van der Waals surface area (Å²) in [7, 11) is 1.35. The Morgan fingerprint density at radius 2 is 2.19 bits per heavy atom. The third-order valence-electron chi connectivity index (χ3n) is 2.42. The molecule has 0 N–H and O–H groups in total. The van der Waals surface area contributed by atoms with Crippen molar-refractivity contribution < 1.29 is 9.53 Å². The number of halogens is 1. The fourth-order valence-corrected chi connectivity index (χ4v) is 1.99. The molecule has 0 saturated heterocycles. The highest BCUT2D eigenvalue weighted by Crippen LogP contribution is 2.20. The number of carbonyl (C=O) groups is 1. The number of aryl methyl sites for hydroxylation is 2. The topological polar surface area (TPSA) is 43.6 Å². The third kappa shape index (κ3) is 1.55. The van der Waals surface area contributed by atoms with Gasteiger partial charge in [0.2, 0.25) is 0 Å². The van der Waals surface area contributed by atoms with E-state index in [2.05, 4.69) is 4.98 Å². The number of carbonyl (C=O) groups excluding carboxylic acids is 1. The smallest absolute Gasteiger partial charge is 0.356 e. The first-order valence-corrected chi connectivity index (χ1v) is 5.15.